The minimum atomic E-state index is -0.342. The highest BCUT2D eigenvalue weighted by Crippen LogP contribution is 2.17. The van der Waals surface area contributed by atoms with Crippen LogP contribution in [0.5, 0.6) is 0 Å². The molecule has 1 aromatic rings. The maximum absolute atomic E-state index is 9.34. The van der Waals surface area contributed by atoms with Crippen molar-refractivity contribution in [2.45, 2.75) is 33.3 Å². The lowest BCUT2D eigenvalue weighted by molar-refractivity contribution is 0.198. The fourth-order valence-electron chi connectivity index (χ4n) is 1.26. The molecule has 0 fully saturated rings. The summed E-state index contributed by atoms with van der Waals surface area (Å²) in [5.74, 6) is 0. The van der Waals surface area contributed by atoms with Crippen molar-refractivity contribution < 1.29 is 10.2 Å². The Hall–Kier alpha value is -0.860. The molecule has 0 saturated carbocycles. The van der Waals surface area contributed by atoms with Crippen molar-refractivity contribution in [1.29, 1.82) is 0 Å². The summed E-state index contributed by atoms with van der Waals surface area (Å²) in [6.45, 7) is 5.47. The first-order valence-electron chi connectivity index (χ1n) is 5.01. The van der Waals surface area contributed by atoms with Crippen molar-refractivity contribution in [2.75, 3.05) is 6.61 Å². The summed E-state index contributed by atoms with van der Waals surface area (Å²) >= 11 is 0. The van der Waals surface area contributed by atoms with E-state index in [9.17, 15) is 5.11 Å². The molecule has 1 rings (SSSR count). The van der Waals surface area contributed by atoms with E-state index in [-0.39, 0.29) is 12.7 Å². The number of rotatable bonds is 2. The van der Waals surface area contributed by atoms with Crippen LogP contribution in [0.1, 0.15) is 38.0 Å². The lowest BCUT2D eigenvalue weighted by atomic mass is 10.0. The van der Waals surface area contributed by atoms with Crippen LogP contribution >= 0.6 is 0 Å². The van der Waals surface area contributed by atoms with Gasteiger partial charge in [-0.2, -0.15) is 0 Å². The molecule has 0 aromatic heterocycles. The summed E-state index contributed by atoms with van der Waals surface area (Å²) in [7, 11) is 0. The van der Waals surface area contributed by atoms with Gasteiger partial charge in [0.05, 0.1) is 12.7 Å². The van der Waals surface area contributed by atoms with E-state index in [4.69, 9.17) is 5.11 Å². The first kappa shape index (κ1) is 13.1. The predicted molar refractivity (Wildman–Crippen MR) is 57.7 cm³/mol. The molecular formula is C12H19O2. The third kappa shape index (κ3) is 4.40. The van der Waals surface area contributed by atoms with E-state index in [1.807, 2.05) is 18.2 Å². The average Bonchev–Trinajstić information content (AvgIpc) is 2.19. The van der Waals surface area contributed by atoms with E-state index in [0.717, 1.165) is 12.0 Å². The Labute approximate surface area is 86.2 Å². The van der Waals surface area contributed by atoms with E-state index < -0.39 is 0 Å². The molecule has 1 N–H and O–H groups in total. The van der Waals surface area contributed by atoms with Gasteiger partial charge in [-0.3, -0.25) is 0 Å². The topological polar surface area (TPSA) is 40.1 Å². The fourth-order valence-corrected chi connectivity index (χ4v) is 1.26. The van der Waals surface area contributed by atoms with Gasteiger partial charge in [-0.05, 0) is 31.4 Å². The molecule has 14 heavy (non-hydrogen) atoms. The lowest BCUT2D eigenvalue weighted by Gasteiger charge is -2.09. The molecular weight excluding hydrogens is 176 g/mol. The van der Waals surface area contributed by atoms with Crippen LogP contribution in [0, 0.1) is 0 Å². The number of benzene rings is 1. The summed E-state index contributed by atoms with van der Waals surface area (Å²) in [5.41, 5.74) is 2.29. The van der Waals surface area contributed by atoms with Gasteiger partial charge in [-0.15, -0.1) is 0 Å². The monoisotopic (exact) mass is 195 g/mol. The normalized spacial score (nSPS) is 11.5. The Morgan fingerprint density at radius 1 is 1.29 bits per heavy atom. The number of aliphatic hydroxyl groups excluding tert-OH is 1. The van der Waals surface area contributed by atoms with Gasteiger partial charge in [0.25, 0.3) is 0 Å². The summed E-state index contributed by atoms with van der Waals surface area (Å²) in [6.07, 6.45) is 0.646. The van der Waals surface area contributed by atoms with Crippen LogP contribution in [0.3, 0.4) is 0 Å². The van der Waals surface area contributed by atoms with E-state index >= 15 is 0 Å². The minimum absolute atomic E-state index is 0. The molecule has 2 nitrogen and oxygen atoms in total. The van der Waals surface area contributed by atoms with Crippen LogP contribution in [-0.2, 0) is 11.5 Å². The van der Waals surface area contributed by atoms with Crippen LogP contribution < -0.4 is 0 Å². The Balaban J connectivity index is 0.000000500. The van der Waals surface area contributed by atoms with E-state index in [1.165, 1.54) is 5.56 Å². The maximum Gasteiger partial charge on any atom is 0.0794 e. The van der Waals surface area contributed by atoms with Crippen LogP contribution in [0.2, 0.25) is 0 Å². The van der Waals surface area contributed by atoms with Gasteiger partial charge in [0.15, 0.2) is 0 Å². The quantitative estimate of drug-likeness (QED) is 0.774. The molecule has 0 amide bonds. The predicted octanol–water partition coefficient (Wildman–Crippen LogP) is 2.74. The number of aliphatic hydroxyl groups is 1. The molecule has 0 spiro atoms. The zero-order valence-corrected chi connectivity index (χ0v) is 9.16. The fraction of sp³-hybridized carbons (Fsp3) is 0.500. The zero-order valence-electron chi connectivity index (χ0n) is 9.16. The molecule has 0 heterocycles. The van der Waals surface area contributed by atoms with Gasteiger partial charge < -0.3 is 5.11 Å². The Morgan fingerprint density at radius 2 is 1.79 bits per heavy atom. The SMILES string of the molecule is CC[O].CCc1ccccc1C(C)O. The molecule has 1 radical (unpaired) electrons. The first-order chi connectivity index (χ1) is 6.67. The number of aryl methyl sites for hydroxylation is 1. The van der Waals surface area contributed by atoms with Crippen LogP contribution in [-0.4, -0.2) is 11.7 Å². The van der Waals surface area contributed by atoms with E-state index in [0.29, 0.717) is 0 Å². The molecule has 1 unspecified atom stereocenters. The largest absolute Gasteiger partial charge is 0.389 e. The summed E-state index contributed by atoms with van der Waals surface area (Å²) < 4.78 is 0. The summed E-state index contributed by atoms with van der Waals surface area (Å²) in [6, 6.07) is 8.00. The third-order valence-corrected chi connectivity index (χ3v) is 1.89. The smallest absolute Gasteiger partial charge is 0.0794 e. The number of hydrogen-bond donors (Lipinski definition) is 1. The molecule has 79 valence electrons. The number of hydrogen-bond acceptors (Lipinski definition) is 1. The van der Waals surface area contributed by atoms with Gasteiger partial charge in [0.1, 0.15) is 0 Å². The van der Waals surface area contributed by atoms with Gasteiger partial charge in [-0.1, -0.05) is 31.2 Å². The standard InChI is InChI=1S/C10H14O.C2H5O/c1-3-9-6-4-5-7-10(9)8(2)11;1-2-3/h4-8,11H,3H2,1-2H3;2H2,1H3. The molecule has 2 heteroatoms. The van der Waals surface area contributed by atoms with Crippen LogP contribution in [0.4, 0.5) is 0 Å². The van der Waals surface area contributed by atoms with Gasteiger partial charge in [0, 0.05) is 0 Å². The van der Waals surface area contributed by atoms with E-state index in [1.54, 1.807) is 13.8 Å². The molecule has 0 aliphatic rings. The van der Waals surface area contributed by atoms with Gasteiger partial charge in [-0.25, -0.2) is 5.11 Å². The zero-order chi connectivity index (χ0) is 11.0. The van der Waals surface area contributed by atoms with Crippen molar-refractivity contribution in [3.8, 4) is 0 Å². The second-order valence-corrected chi connectivity index (χ2v) is 3.02. The molecule has 1 aromatic carbocycles. The van der Waals surface area contributed by atoms with E-state index in [2.05, 4.69) is 13.0 Å². The van der Waals surface area contributed by atoms with Crippen LogP contribution in [0.15, 0.2) is 24.3 Å². The van der Waals surface area contributed by atoms with Crippen molar-refractivity contribution in [1.82, 2.24) is 0 Å². The van der Waals surface area contributed by atoms with Crippen molar-refractivity contribution in [3.63, 3.8) is 0 Å². The molecule has 0 aliphatic heterocycles. The highest BCUT2D eigenvalue weighted by molar-refractivity contribution is 5.28. The Bertz CT molecular complexity index is 244. The Morgan fingerprint density at radius 3 is 2.14 bits per heavy atom. The second-order valence-electron chi connectivity index (χ2n) is 3.02. The maximum atomic E-state index is 9.34. The minimum Gasteiger partial charge on any atom is -0.389 e. The molecule has 0 aliphatic carbocycles. The second kappa shape index (κ2) is 7.54. The molecule has 1 atom stereocenters. The van der Waals surface area contributed by atoms with Gasteiger partial charge >= 0.3 is 0 Å². The Kier molecular flexibility index (Phi) is 7.07. The third-order valence-electron chi connectivity index (χ3n) is 1.89. The van der Waals surface area contributed by atoms with Crippen molar-refractivity contribution >= 4 is 0 Å². The lowest BCUT2D eigenvalue weighted by Crippen LogP contribution is -1.96. The summed E-state index contributed by atoms with van der Waals surface area (Å²) in [5, 5.41) is 18.3. The van der Waals surface area contributed by atoms with Gasteiger partial charge in [0.2, 0.25) is 0 Å². The highest BCUT2D eigenvalue weighted by Gasteiger charge is 2.03. The van der Waals surface area contributed by atoms with Crippen LogP contribution in [0.25, 0.3) is 0 Å². The average molecular weight is 195 g/mol. The molecule has 0 bridgehead atoms. The van der Waals surface area contributed by atoms with Crippen molar-refractivity contribution in [2.24, 2.45) is 0 Å². The summed E-state index contributed by atoms with van der Waals surface area (Å²) in [4.78, 5) is 0. The molecule has 0 saturated heterocycles. The first-order valence-corrected chi connectivity index (χ1v) is 5.01. The van der Waals surface area contributed by atoms with Crippen molar-refractivity contribution in [3.05, 3.63) is 35.4 Å². The highest BCUT2D eigenvalue weighted by atomic mass is 16.3.